The van der Waals surface area contributed by atoms with Gasteiger partial charge in [0.2, 0.25) is 5.13 Å². The number of thiazole rings is 1. The summed E-state index contributed by atoms with van der Waals surface area (Å²) in [5, 5.41) is 7.01. The molecule has 0 radical (unpaired) electrons. The fraction of sp³-hybridized carbons (Fsp3) is 0. The zero-order valence-corrected chi connectivity index (χ0v) is 13.4. The fourth-order valence-electron chi connectivity index (χ4n) is 1.82. The molecule has 1 heterocycles. The van der Waals surface area contributed by atoms with Gasteiger partial charge in [0.25, 0.3) is 0 Å². The molecule has 1 aromatic heterocycles. The van der Waals surface area contributed by atoms with Crippen molar-refractivity contribution in [2.24, 2.45) is 5.10 Å². The first kappa shape index (κ1) is 14.0. The zero-order chi connectivity index (χ0) is 14.5. The summed E-state index contributed by atoms with van der Waals surface area (Å²) in [6, 6.07) is 18.1. The minimum Gasteiger partial charge on any atom is -0.253 e. The van der Waals surface area contributed by atoms with E-state index in [0.29, 0.717) is 0 Å². The second kappa shape index (κ2) is 6.65. The molecule has 3 aromatic rings. The molecule has 104 valence electrons. The van der Waals surface area contributed by atoms with Crippen molar-refractivity contribution in [3.05, 3.63) is 70.0 Å². The van der Waals surface area contributed by atoms with Crippen molar-refractivity contribution < 1.29 is 0 Å². The maximum Gasteiger partial charge on any atom is 0.203 e. The number of nitrogens with one attached hydrogen (secondary N) is 1. The highest BCUT2D eigenvalue weighted by atomic mass is 79.9. The lowest BCUT2D eigenvalue weighted by Crippen LogP contribution is -1.90. The van der Waals surface area contributed by atoms with Crippen molar-refractivity contribution in [3.8, 4) is 11.3 Å². The number of nitrogens with zero attached hydrogens (tertiary/aromatic N) is 2. The second-order valence-corrected chi connectivity index (χ2v) is 6.10. The van der Waals surface area contributed by atoms with Gasteiger partial charge in [0.1, 0.15) is 0 Å². The van der Waals surface area contributed by atoms with E-state index in [1.165, 1.54) is 11.3 Å². The van der Waals surface area contributed by atoms with Gasteiger partial charge in [-0.05, 0) is 17.7 Å². The van der Waals surface area contributed by atoms with Crippen LogP contribution in [0.5, 0.6) is 0 Å². The summed E-state index contributed by atoms with van der Waals surface area (Å²) in [5.74, 6) is 0. The monoisotopic (exact) mass is 357 g/mol. The molecular weight excluding hydrogens is 346 g/mol. The molecule has 3 nitrogen and oxygen atoms in total. The average molecular weight is 358 g/mol. The first-order chi connectivity index (χ1) is 10.3. The second-order valence-electron chi connectivity index (χ2n) is 4.33. The number of anilines is 1. The Kier molecular flexibility index (Phi) is 4.43. The van der Waals surface area contributed by atoms with Crippen LogP contribution in [0.25, 0.3) is 11.3 Å². The smallest absolute Gasteiger partial charge is 0.203 e. The van der Waals surface area contributed by atoms with E-state index in [0.717, 1.165) is 26.4 Å². The highest BCUT2D eigenvalue weighted by Crippen LogP contribution is 2.24. The lowest BCUT2D eigenvalue weighted by molar-refractivity contribution is 1.29. The third kappa shape index (κ3) is 3.77. The number of benzene rings is 2. The third-order valence-corrected chi connectivity index (χ3v) is 4.04. The summed E-state index contributed by atoms with van der Waals surface area (Å²) in [6.45, 7) is 0. The van der Waals surface area contributed by atoms with Crippen molar-refractivity contribution in [3.63, 3.8) is 0 Å². The minimum atomic E-state index is 0.778. The molecule has 5 heteroatoms. The molecule has 2 aromatic carbocycles. The van der Waals surface area contributed by atoms with E-state index >= 15 is 0 Å². The van der Waals surface area contributed by atoms with E-state index in [-0.39, 0.29) is 0 Å². The fourth-order valence-corrected chi connectivity index (χ4v) is 2.90. The van der Waals surface area contributed by atoms with Gasteiger partial charge in [-0.25, -0.2) is 4.98 Å². The molecule has 0 aliphatic carbocycles. The molecule has 21 heavy (non-hydrogen) atoms. The van der Waals surface area contributed by atoms with Crippen LogP contribution in [0.1, 0.15) is 5.56 Å². The minimum absolute atomic E-state index is 0.778. The average Bonchev–Trinajstić information content (AvgIpc) is 2.97. The van der Waals surface area contributed by atoms with Crippen LogP contribution in [0.3, 0.4) is 0 Å². The quantitative estimate of drug-likeness (QED) is 0.525. The van der Waals surface area contributed by atoms with Gasteiger partial charge in [-0.1, -0.05) is 58.4 Å². The molecule has 0 unspecified atom stereocenters. The van der Waals surface area contributed by atoms with E-state index in [1.807, 2.05) is 60.0 Å². The molecule has 0 aliphatic heterocycles. The van der Waals surface area contributed by atoms with Gasteiger partial charge >= 0.3 is 0 Å². The summed E-state index contributed by atoms with van der Waals surface area (Å²) in [7, 11) is 0. The van der Waals surface area contributed by atoms with Crippen molar-refractivity contribution in [2.75, 3.05) is 5.43 Å². The summed E-state index contributed by atoms with van der Waals surface area (Å²) >= 11 is 4.97. The van der Waals surface area contributed by atoms with Crippen LogP contribution in [0.2, 0.25) is 0 Å². The number of hydrogen-bond donors (Lipinski definition) is 1. The Morgan fingerprint density at radius 3 is 2.76 bits per heavy atom. The van der Waals surface area contributed by atoms with Crippen LogP contribution in [0.4, 0.5) is 5.13 Å². The number of rotatable bonds is 4. The number of aromatic nitrogens is 1. The maximum atomic E-state index is 4.51. The number of hydrogen-bond acceptors (Lipinski definition) is 4. The van der Waals surface area contributed by atoms with Crippen LogP contribution in [0, 0.1) is 0 Å². The summed E-state index contributed by atoms with van der Waals surface area (Å²) in [5.41, 5.74) is 6.06. The normalized spacial score (nSPS) is 10.9. The van der Waals surface area contributed by atoms with E-state index in [1.54, 1.807) is 6.21 Å². The Morgan fingerprint density at radius 2 is 1.95 bits per heavy atom. The molecule has 3 rings (SSSR count). The predicted octanol–water partition coefficient (Wildman–Crippen LogP) is 5.02. The molecule has 1 N–H and O–H groups in total. The van der Waals surface area contributed by atoms with E-state index in [9.17, 15) is 0 Å². The van der Waals surface area contributed by atoms with Gasteiger partial charge in [-0.2, -0.15) is 5.10 Å². The van der Waals surface area contributed by atoms with Crippen molar-refractivity contribution in [1.82, 2.24) is 4.98 Å². The van der Waals surface area contributed by atoms with Crippen molar-refractivity contribution in [2.45, 2.75) is 0 Å². The largest absolute Gasteiger partial charge is 0.253 e. The molecule has 0 saturated heterocycles. The van der Waals surface area contributed by atoms with Crippen LogP contribution in [-0.4, -0.2) is 11.2 Å². The molecule has 0 atom stereocenters. The SMILES string of the molecule is Brc1cccc(/C=N/Nc2nc(-c3ccccc3)cs2)c1. The predicted molar refractivity (Wildman–Crippen MR) is 92.9 cm³/mol. The molecule has 0 aliphatic rings. The van der Waals surface area contributed by atoms with Crippen LogP contribution in [-0.2, 0) is 0 Å². The third-order valence-electron chi connectivity index (χ3n) is 2.80. The molecule has 0 fully saturated rings. The van der Waals surface area contributed by atoms with E-state index in [4.69, 9.17) is 0 Å². The molecule has 0 amide bonds. The van der Waals surface area contributed by atoms with Gasteiger partial charge in [0.05, 0.1) is 11.9 Å². The van der Waals surface area contributed by atoms with Crippen molar-refractivity contribution >= 4 is 38.6 Å². The van der Waals surface area contributed by atoms with E-state index in [2.05, 4.69) is 31.4 Å². The van der Waals surface area contributed by atoms with Crippen LogP contribution in [0.15, 0.2) is 69.6 Å². The van der Waals surface area contributed by atoms with Gasteiger partial charge < -0.3 is 0 Å². The van der Waals surface area contributed by atoms with Crippen LogP contribution >= 0.6 is 27.3 Å². The van der Waals surface area contributed by atoms with Gasteiger partial charge in [0.15, 0.2) is 0 Å². The highest BCUT2D eigenvalue weighted by Gasteiger charge is 2.02. The Labute approximate surface area is 135 Å². The Morgan fingerprint density at radius 1 is 1.10 bits per heavy atom. The van der Waals surface area contributed by atoms with Crippen molar-refractivity contribution in [1.29, 1.82) is 0 Å². The zero-order valence-electron chi connectivity index (χ0n) is 11.0. The van der Waals surface area contributed by atoms with Crippen LogP contribution < -0.4 is 5.43 Å². The maximum absolute atomic E-state index is 4.51. The first-order valence-corrected chi connectivity index (χ1v) is 8.04. The molecular formula is C16H12BrN3S. The lowest BCUT2D eigenvalue weighted by Gasteiger charge is -1.96. The topological polar surface area (TPSA) is 37.3 Å². The first-order valence-electron chi connectivity index (χ1n) is 6.37. The van der Waals surface area contributed by atoms with Gasteiger partial charge in [-0.3, -0.25) is 5.43 Å². The summed E-state index contributed by atoms with van der Waals surface area (Å²) < 4.78 is 1.03. The standard InChI is InChI=1S/C16H12BrN3S/c17-14-8-4-5-12(9-14)10-18-20-16-19-15(11-21-16)13-6-2-1-3-7-13/h1-11H,(H,19,20)/b18-10+. The summed E-state index contributed by atoms with van der Waals surface area (Å²) in [4.78, 5) is 4.51. The Hall–Kier alpha value is -1.98. The highest BCUT2D eigenvalue weighted by molar-refractivity contribution is 9.10. The Balaban J connectivity index is 1.68. The lowest BCUT2D eigenvalue weighted by atomic mass is 10.2. The number of hydrazone groups is 1. The molecule has 0 bridgehead atoms. The van der Waals surface area contributed by atoms with Gasteiger partial charge in [0, 0.05) is 15.4 Å². The Bertz CT molecular complexity index is 753. The van der Waals surface area contributed by atoms with E-state index < -0.39 is 0 Å². The molecule has 0 spiro atoms. The molecule has 0 saturated carbocycles. The summed E-state index contributed by atoms with van der Waals surface area (Å²) in [6.07, 6.45) is 1.77. The van der Waals surface area contributed by atoms with Gasteiger partial charge in [-0.15, -0.1) is 11.3 Å². The number of halogens is 1.